The molecule has 6 heteroatoms. The monoisotopic (exact) mass is 296 g/mol. The van der Waals surface area contributed by atoms with Crippen LogP contribution in [0.3, 0.4) is 0 Å². The second kappa shape index (κ2) is 6.04. The molecule has 0 aliphatic carbocycles. The fourth-order valence-electron chi connectivity index (χ4n) is 1.50. The van der Waals surface area contributed by atoms with Crippen molar-refractivity contribution in [2.45, 2.75) is 5.03 Å². The topological polar surface area (TPSA) is 42.0 Å². The van der Waals surface area contributed by atoms with Crippen LogP contribution in [0.15, 0.2) is 41.6 Å². The van der Waals surface area contributed by atoms with Gasteiger partial charge in [-0.05, 0) is 36.6 Å². The molecule has 0 fully saturated rings. The molecule has 3 nitrogen and oxygen atoms in total. The molecule has 1 aromatic heterocycles. The van der Waals surface area contributed by atoms with Gasteiger partial charge in [-0.2, -0.15) is 0 Å². The zero-order chi connectivity index (χ0) is 13.8. The van der Waals surface area contributed by atoms with Crippen LogP contribution >= 0.6 is 23.4 Å². The number of aromatic nitrogens is 1. The molecule has 0 bridgehead atoms. The van der Waals surface area contributed by atoms with Crippen molar-refractivity contribution in [2.24, 2.45) is 0 Å². The van der Waals surface area contributed by atoms with Crippen LogP contribution in [0.5, 0.6) is 0 Å². The van der Waals surface area contributed by atoms with E-state index in [1.807, 2.05) is 6.26 Å². The Labute approximate surface area is 119 Å². The Balaban J connectivity index is 2.23. The molecule has 0 unspecified atom stereocenters. The van der Waals surface area contributed by atoms with Gasteiger partial charge in [0.1, 0.15) is 10.8 Å². The van der Waals surface area contributed by atoms with E-state index in [0.717, 1.165) is 0 Å². The van der Waals surface area contributed by atoms with Crippen molar-refractivity contribution >= 4 is 35.0 Å². The highest BCUT2D eigenvalue weighted by Gasteiger charge is 2.12. The van der Waals surface area contributed by atoms with Gasteiger partial charge in [0, 0.05) is 11.9 Å². The fourth-order valence-corrected chi connectivity index (χ4v) is 2.23. The van der Waals surface area contributed by atoms with Gasteiger partial charge in [-0.1, -0.05) is 11.6 Å². The highest BCUT2D eigenvalue weighted by Crippen LogP contribution is 2.22. The fraction of sp³-hybridized carbons (Fsp3) is 0.0769. The molecule has 98 valence electrons. The summed E-state index contributed by atoms with van der Waals surface area (Å²) in [5.41, 5.74) is 0.905. The number of benzene rings is 1. The molecule has 0 spiro atoms. The van der Waals surface area contributed by atoms with Gasteiger partial charge in [0.15, 0.2) is 0 Å². The van der Waals surface area contributed by atoms with E-state index >= 15 is 0 Å². The SMILES string of the molecule is CSc1ncccc1C(=O)Nc1ccc(F)c(Cl)c1. The number of carbonyl (C=O) groups is 1. The number of anilines is 1. The van der Waals surface area contributed by atoms with E-state index < -0.39 is 5.82 Å². The van der Waals surface area contributed by atoms with Gasteiger partial charge in [-0.25, -0.2) is 9.37 Å². The lowest BCUT2D eigenvalue weighted by Crippen LogP contribution is -2.13. The van der Waals surface area contributed by atoms with Crippen LogP contribution in [0.2, 0.25) is 5.02 Å². The van der Waals surface area contributed by atoms with E-state index in [9.17, 15) is 9.18 Å². The number of amides is 1. The Kier molecular flexibility index (Phi) is 4.39. The van der Waals surface area contributed by atoms with Crippen molar-refractivity contribution in [3.63, 3.8) is 0 Å². The number of nitrogens with zero attached hydrogens (tertiary/aromatic N) is 1. The van der Waals surface area contributed by atoms with Crippen molar-refractivity contribution in [2.75, 3.05) is 11.6 Å². The summed E-state index contributed by atoms with van der Waals surface area (Å²) < 4.78 is 13.0. The van der Waals surface area contributed by atoms with Crippen molar-refractivity contribution in [1.82, 2.24) is 4.98 Å². The molecular weight excluding hydrogens is 287 g/mol. The first-order chi connectivity index (χ1) is 9.11. The average molecular weight is 297 g/mol. The Morgan fingerprint density at radius 2 is 2.21 bits per heavy atom. The summed E-state index contributed by atoms with van der Waals surface area (Å²) in [6.07, 6.45) is 3.46. The van der Waals surface area contributed by atoms with E-state index in [0.29, 0.717) is 16.3 Å². The molecular formula is C13H10ClFN2OS. The quantitative estimate of drug-likeness (QED) is 0.875. The number of hydrogen-bond donors (Lipinski definition) is 1. The van der Waals surface area contributed by atoms with Gasteiger partial charge in [-0.15, -0.1) is 11.8 Å². The zero-order valence-corrected chi connectivity index (χ0v) is 11.6. The van der Waals surface area contributed by atoms with Crippen LogP contribution in [0.25, 0.3) is 0 Å². The van der Waals surface area contributed by atoms with Crippen LogP contribution in [0, 0.1) is 5.82 Å². The van der Waals surface area contributed by atoms with Crippen molar-refractivity contribution < 1.29 is 9.18 Å². The summed E-state index contributed by atoms with van der Waals surface area (Å²) in [6.45, 7) is 0. The third-order valence-corrected chi connectivity index (χ3v) is 3.39. The summed E-state index contributed by atoms with van der Waals surface area (Å²) >= 11 is 7.04. The molecule has 1 N–H and O–H groups in total. The predicted octanol–water partition coefficient (Wildman–Crippen LogP) is 3.85. The zero-order valence-electron chi connectivity index (χ0n) is 9.98. The lowest BCUT2D eigenvalue weighted by atomic mass is 10.2. The van der Waals surface area contributed by atoms with Gasteiger partial charge in [0.2, 0.25) is 0 Å². The van der Waals surface area contributed by atoms with E-state index in [2.05, 4.69) is 10.3 Å². The Morgan fingerprint density at radius 3 is 2.89 bits per heavy atom. The second-order valence-electron chi connectivity index (χ2n) is 3.64. The number of nitrogens with one attached hydrogen (secondary N) is 1. The van der Waals surface area contributed by atoms with Gasteiger partial charge in [0.05, 0.1) is 10.6 Å². The molecule has 0 atom stereocenters. The molecule has 2 aromatic rings. The Hall–Kier alpha value is -1.59. The Bertz CT molecular complexity index is 621. The summed E-state index contributed by atoms with van der Waals surface area (Å²) in [5, 5.41) is 3.26. The average Bonchev–Trinajstić information content (AvgIpc) is 2.43. The molecule has 1 aromatic carbocycles. The maximum Gasteiger partial charge on any atom is 0.258 e. The first kappa shape index (κ1) is 13.8. The lowest BCUT2D eigenvalue weighted by molar-refractivity contribution is 0.102. The minimum Gasteiger partial charge on any atom is -0.322 e. The number of hydrogen-bond acceptors (Lipinski definition) is 3. The summed E-state index contributed by atoms with van der Waals surface area (Å²) in [6, 6.07) is 7.39. The van der Waals surface area contributed by atoms with Gasteiger partial charge in [0.25, 0.3) is 5.91 Å². The van der Waals surface area contributed by atoms with Crippen molar-refractivity contribution in [3.05, 3.63) is 52.9 Å². The largest absolute Gasteiger partial charge is 0.322 e. The van der Waals surface area contributed by atoms with Crippen LogP contribution in [0.1, 0.15) is 10.4 Å². The summed E-state index contributed by atoms with van der Waals surface area (Å²) in [5.74, 6) is -0.828. The molecule has 0 aliphatic rings. The first-order valence-corrected chi connectivity index (χ1v) is 6.97. The van der Waals surface area contributed by atoms with E-state index in [1.54, 1.807) is 18.3 Å². The van der Waals surface area contributed by atoms with Crippen molar-refractivity contribution in [1.29, 1.82) is 0 Å². The summed E-state index contributed by atoms with van der Waals surface area (Å²) in [4.78, 5) is 16.2. The number of carbonyl (C=O) groups excluding carboxylic acids is 1. The molecule has 1 heterocycles. The molecule has 0 saturated heterocycles. The third kappa shape index (κ3) is 3.24. The van der Waals surface area contributed by atoms with Crippen LogP contribution in [0.4, 0.5) is 10.1 Å². The van der Waals surface area contributed by atoms with E-state index in [-0.39, 0.29) is 10.9 Å². The lowest BCUT2D eigenvalue weighted by Gasteiger charge is -2.08. The van der Waals surface area contributed by atoms with Gasteiger partial charge < -0.3 is 5.32 Å². The maximum absolute atomic E-state index is 13.0. The third-order valence-electron chi connectivity index (χ3n) is 2.39. The number of pyridine rings is 1. The van der Waals surface area contributed by atoms with Crippen LogP contribution in [-0.4, -0.2) is 17.1 Å². The minimum absolute atomic E-state index is 0.0333. The van der Waals surface area contributed by atoms with E-state index in [1.165, 1.54) is 30.0 Å². The number of rotatable bonds is 3. The molecule has 19 heavy (non-hydrogen) atoms. The highest BCUT2D eigenvalue weighted by atomic mass is 35.5. The van der Waals surface area contributed by atoms with E-state index in [4.69, 9.17) is 11.6 Å². The standard InChI is InChI=1S/C13H10ClFN2OS/c1-19-13-9(3-2-6-16-13)12(18)17-8-4-5-11(15)10(14)7-8/h2-7H,1H3,(H,17,18). The number of thioether (sulfide) groups is 1. The van der Waals surface area contributed by atoms with Gasteiger partial charge >= 0.3 is 0 Å². The maximum atomic E-state index is 13.0. The van der Waals surface area contributed by atoms with Crippen LogP contribution < -0.4 is 5.32 Å². The normalized spacial score (nSPS) is 10.3. The molecule has 1 amide bonds. The minimum atomic E-state index is -0.522. The van der Waals surface area contributed by atoms with Crippen LogP contribution in [-0.2, 0) is 0 Å². The first-order valence-electron chi connectivity index (χ1n) is 5.37. The predicted molar refractivity (Wildman–Crippen MR) is 75.4 cm³/mol. The highest BCUT2D eigenvalue weighted by molar-refractivity contribution is 7.98. The molecule has 0 radical (unpaired) electrons. The number of halogens is 2. The molecule has 0 saturated carbocycles. The summed E-state index contributed by atoms with van der Waals surface area (Å²) in [7, 11) is 0. The van der Waals surface area contributed by atoms with Crippen molar-refractivity contribution in [3.8, 4) is 0 Å². The molecule has 0 aliphatic heterocycles. The Morgan fingerprint density at radius 1 is 1.42 bits per heavy atom. The smallest absolute Gasteiger partial charge is 0.258 e. The second-order valence-corrected chi connectivity index (χ2v) is 4.85. The molecule has 2 rings (SSSR count). The van der Waals surface area contributed by atoms with Gasteiger partial charge in [-0.3, -0.25) is 4.79 Å².